The molecule has 2 aromatic carbocycles. The summed E-state index contributed by atoms with van der Waals surface area (Å²) in [5, 5.41) is 13.0. The molecule has 0 aliphatic heterocycles. The van der Waals surface area contributed by atoms with Crippen LogP contribution in [-0.2, 0) is 18.4 Å². The Kier molecular flexibility index (Phi) is 6.83. The Hall–Kier alpha value is -2.22. The van der Waals surface area contributed by atoms with Crippen molar-refractivity contribution in [2.24, 2.45) is 7.05 Å². The molecule has 0 atom stereocenters. The number of nitrogens with one attached hydrogen (secondary N) is 1. The van der Waals surface area contributed by atoms with Crippen LogP contribution in [0, 0.1) is 6.92 Å². The van der Waals surface area contributed by atoms with Crippen LogP contribution in [0.15, 0.2) is 47.6 Å². The molecular formula is C19H18Cl2N4O2S. The maximum atomic E-state index is 12.2. The summed E-state index contributed by atoms with van der Waals surface area (Å²) >= 11 is 13.2. The molecule has 0 radical (unpaired) electrons. The van der Waals surface area contributed by atoms with E-state index >= 15 is 0 Å². The Balaban J connectivity index is 1.54. The topological polar surface area (TPSA) is 69.0 Å². The Morgan fingerprint density at radius 1 is 1.18 bits per heavy atom. The largest absolute Gasteiger partial charge is 0.486 e. The molecule has 9 heteroatoms. The molecule has 3 aromatic rings. The van der Waals surface area contributed by atoms with E-state index in [1.807, 2.05) is 20.0 Å². The normalized spacial score (nSPS) is 10.7. The van der Waals surface area contributed by atoms with E-state index in [9.17, 15) is 4.79 Å². The van der Waals surface area contributed by atoms with Crippen LogP contribution in [0.2, 0.25) is 10.0 Å². The fraction of sp³-hybridized carbons (Fsp3) is 0.211. The number of rotatable bonds is 7. The fourth-order valence-corrected chi connectivity index (χ4v) is 3.36. The van der Waals surface area contributed by atoms with Gasteiger partial charge in [-0.05, 0) is 48.9 Å². The summed E-state index contributed by atoms with van der Waals surface area (Å²) in [5.74, 6) is 1.41. The number of hydrogen-bond acceptors (Lipinski definition) is 5. The van der Waals surface area contributed by atoms with Gasteiger partial charge in [-0.2, -0.15) is 0 Å². The third-order valence-electron chi connectivity index (χ3n) is 3.98. The van der Waals surface area contributed by atoms with Gasteiger partial charge in [-0.1, -0.05) is 41.0 Å². The molecule has 0 aliphatic rings. The highest BCUT2D eigenvalue weighted by molar-refractivity contribution is 7.99. The SMILES string of the molecule is Cc1c(Cl)cccc1NC(=O)CSc1nnc(COc2ccc(Cl)cc2)n1C. The van der Waals surface area contributed by atoms with Gasteiger partial charge in [-0.3, -0.25) is 4.79 Å². The van der Waals surface area contributed by atoms with E-state index < -0.39 is 0 Å². The smallest absolute Gasteiger partial charge is 0.234 e. The number of carbonyl (C=O) groups is 1. The number of halogens is 2. The number of carbonyl (C=O) groups excluding carboxylic acids is 1. The number of ether oxygens (including phenoxy) is 1. The predicted octanol–water partition coefficient (Wildman–Crippen LogP) is 4.74. The van der Waals surface area contributed by atoms with Gasteiger partial charge in [0, 0.05) is 22.8 Å². The van der Waals surface area contributed by atoms with Crippen LogP contribution in [0.3, 0.4) is 0 Å². The van der Waals surface area contributed by atoms with Crippen LogP contribution in [0.5, 0.6) is 5.75 Å². The number of anilines is 1. The minimum Gasteiger partial charge on any atom is -0.486 e. The predicted molar refractivity (Wildman–Crippen MR) is 112 cm³/mol. The highest BCUT2D eigenvalue weighted by Gasteiger charge is 2.13. The second-order valence-corrected chi connectivity index (χ2v) is 7.74. The van der Waals surface area contributed by atoms with E-state index in [-0.39, 0.29) is 18.3 Å². The highest BCUT2D eigenvalue weighted by atomic mass is 35.5. The van der Waals surface area contributed by atoms with Gasteiger partial charge in [0.1, 0.15) is 12.4 Å². The molecule has 0 saturated carbocycles. The molecule has 0 aliphatic carbocycles. The van der Waals surface area contributed by atoms with Crippen molar-refractivity contribution in [2.75, 3.05) is 11.1 Å². The number of hydrogen-bond donors (Lipinski definition) is 1. The summed E-state index contributed by atoms with van der Waals surface area (Å²) in [4.78, 5) is 12.2. The monoisotopic (exact) mass is 436 g/mol. The number of amides is 1. The van der Waals surface area contributed by atoms with Crippen molar-refractivity contribution in [3.8, 4) is 5.75 Å². The zero-order chi connectivity index (χ0) is 20.1. The molecule has 1 N–H and O–H groups in total. The molecule has 1 heterocycles. The van der Waals surface area contributed by atoms with E-state index in [2.05, 4.69) is 15.5 Å². The van der Waals surface area contributed by atoms with Crippen LogP contribution in [0.4, 0.5) is 5.69 Å². The summed E-state index contributed by atoms with van der Waals surface area (Å²) in [7, 11) is 1.84. The Morgan fingerprint density at radius 3 is 2.68 bits per heavy atom. The average Bonchev–Trinajstić information content (AvgIpc) is 3.03. The van der Waals surface area contributed by atoms with Gasteiger partial charge in [0.15, 0.2) is 11.0 Å². The molecule has 0 saturated heterocycles. The van der Waals surface area contributed by atoms with E-state index in [0.29, 0.717) is 32.5 Å². The lowest BCUT2D eigenvalue weighted by atomic mass is 10.2. The van der Waals surface area contributed by atoms with Crippen molar-refractivity contribution in [3.05, 3.63) is 63.9 Å². The first kappa shape index (κ1) is 20.5. The van der Waals surface area contributed by atoms with Gasteiger partial charge in [-0.25, -0.2) is 0 Å². The third-order valence-corrected chi connectivity index (χ3v) is 5.66. The van der Waals surface area contributed by atoms with E-state index in [0.717, 1.165) is 5.56 Å². The van der Waals surface area contributed by atoms with Crippen molar-refractivity contribution in [1.29, 1.82) is 0 Å². The van der Waals surface area contributed by atoms with Crippen LogP contribution in [-0.4, -0.2) is 26.4 Å². The van der Waals surface area contributed by atoms with Gasteiger partial charge in [0.2, 0.25) is 5.91 Å². The standard InChI is InChI=1S/C19H18Cl2N4O2S/c1-12-15(21)4-3-5-16(12)22-18(26)11-28-19-24-23-17(25(19)2)10-27-14-8-6-13(20)7-9-14/h3-9H,10-11H2,1-2H3,(H,22,26). The zero-order valence-corrected chi connectivity index (χ0v) is 17.6. The van der Waals surface area contributed by atoms with E-state index in [1.54, 1.807) is 41.0 Å². The van der Waals surface area contributed by atoms with E-state index in [4.69, 9.17) is 27.9 Å². The Labute approximate surface area is 177 Å². The fourth-order valence-electron chi connectivity index (χ4n) is 2.33. The van der Waals surface area contributed by atoms with Gasteiger partial charge < -0.3 is 14.6 Å². The van der Waals surface area contributed by atoms with Gasteiger partial charge in [0.05, 0.1) is 5.75 Å². The lowest BCUT2D eigenvalue weighted by Crippen LogP contribution is -2.15. The van der Waals surface area contributed by atoms with Crippen molar-refractivity contribution < 1.29 is 9.53 Å². The molecular weight excluding hydrogens is 419 g/mol. The minimum atomic E-state index is -0.141. The molecule has 0 bridgehead atoms. The van der Waals surface area contributed by atoms with Crippen LogP contribution >= 0.6 is 35.0 Å². The molecule has 1 amide bonds. The summed E-state index contributed by atoms with van der Waals surface area (Å²) in [5.41, 5.74) is 1.54. The second kappa shape index (κ2) is 9.32. The molecule has 6 nitrogen and oxygen atoms in total. The first-order chi connectivity index (χ1) is 13.4. The maximum Gasteiger partial charge on any atom is 0.234 e. The summed E-state index contributed by atoms with van der Waals surface area (Å²) in [6.07, 6.45) is 0. The molecule has 1 aromatic heterocycles. The first-order valence-electron chi connectivity index (χ1n) is 8.38. The average molecular weight is 437 g/mol. The third kappa shape index (κ3) is 5.19. The lowest BCUT2D eigenvalue weighted by Gasteiger charge is -2.09. The highest BCUT2D eigenvalue weighted by Crippen LogP contribution is 2.24. The molecule has 146 valence electrons. The maximum absolute atomic E-state index is 12.2. The molecule has 28 heavy (non-hydrogen) atoms. The summed E-state index contributed by atoms with van der Waals surface area (Å²) in [6.45, 7) is 2.13. The Bertz CT molecular complexity index is 977. The summed E-state index contributed by atoms with van der Waals surface area (Å²) < 4.78 is 7.49. The Morgan fingerprint density at radius 2 is 1.93 bits per heavy atom. The molecule has 0 spiro atoms. The lowest BCUT2D eigenvalue weighted by molar-refractivity contribution is -0.113. The van der Waals surface area contributed by atoms with E-state index in [1.165, 1.54) is 11.8 Å². The second-order valence-electron chi connectivity index (χ2n) is 5.95. The first-order valence-corrected chi connectivity index (χ1v) is 10.1. The number of thioether (sulfide) groups is 1. The minimum absolute atomic E-state index is 0.141. The quantitative estimate of drug-likeness (QED) is 0.541. The van der Waals surface area contributed by atoms with Gasteiger partial charge >= 0.3 is 0 Å². The zero-order valence-electron chi connectivity index (χ0n) is 15.3. The molecule has 0 fully saturated rings. The van der Waals surface area contributed by atoms with Crippen LogP contribution in [0.1, 0.15) is 11.4 Å². The number of nitrogens with zero attached hydrogens (tertiary/aromatic N) is 3. The summed E-state index contributed by atoms with van der Waals surface area (Å²) in [6, 6.07) is 12.5. The van der Waals surface area contributed by atoms with Gasteiger partial charge in [-0.15, -0.1) is 10.2 Å². The molecule has 0 unspecified atom stereocenters. The van der Waals surface area contributed by atoms with Crippen LogP contribution < -0.4 is 10.1 Å². The van der Waals surface area contributed by atoms with Crippen molar-refractivity contribution in [3.63, 3.8) is 0 Å². The van der Waals surface area contributed by atoms with Crippen molar-refractivity contribution in [2.45, 2.75) is 18.7 Å². The number of benzene rings is 2. The van der Waals surface area contributed by atoms with Crippen molar-refractivity contribution >= 4 is 46.6 Å². The number of aromatic nitrogens is 3. The van der Waals surface area contributed by atoms with Crippen LogP contribution in [0.25, 0.3) is 0 Å². The van der Waals surface area contributed by atoms with Gasteiger partial charge in [0.25, 0.3) is 0 Å². The van der Waals surface area contributed by atoms with Crippen molar-refractivity contribution in [1.82, 2.24) is 14.8 Å². The molecule has 3 rings (SSSR count).